The third-order valence-electron chi connectivity index (χ3n) is 6.46. The second-order valence-electron chi connectivity index (χ2n) is 9.39. The van der Waals surface area contributed by atoms with Gasteiger partial charge in [0, 0.05) is 6.54 Å². The average molecular weight is 588 g/mol. The Morgan fingerprint density at radius 2 is 1.62 bits per heavy atom. The average Bonchev–Trinajstić information content (AvgIpc) is 3.17. The van der Waals surface area contributed by atoms with E-state index >= 15 is 0 Å². The molecule has 10 heteroatoms. The Morgan fingerprint density at radius 1 is 1.00 bits per heavy atom. The van der Waals surface area contributed by atoms with Crippen molar-refractivity contribution < 1.29 is 33.3 Å². The van der Waals surface area contributed by atoms with E-state index < -0.39 is 23.5 Å². The predicted molar refractivity (Wildman–Crippen MR) is 151 cm³/mol. The van der Waals surface area contributed by atoms with Crippen molar-refractivity contribution in [3.8, 4) is 17.2 Å². The van der Waals surface area contributed by atoms with E-state index in [0.29, 0.717) is 17.7 Å². The number of benzene rings is 3. The normalized spacial score (nSPS) is 16.5. The lowest BCUT2D eigenvalue weighted by Crippen LogP contribution is -2.31. The molecular weight excluding hydrogens is 560 g/mol. The van der Waals surface area contributed by atoms with E-state index in [9.17, 15) is 19.1 Å². The molecule has 210 valence electrons. The van der Waals surface area contributed by atoms with Gasteiger partial charge in [-0.25, -0.2) is 4.39 Å². The zero-order valence-electron chi connectivity index (χ0n) is 22.3. The zero-order valence-corrected chi connectivity index (χ0v) is 23.8. The van der Waals surface area contributed by atoms with E-state index in [1.54, 1.807) is 36.4 Å². The minimum absolute atomic E-state index is 0.00340. The number of likely N-dealkylation sites (tertiary alicyclic amines) is 1. The van der Waals surface area contributed by atoms with Crippen LogP contribution in [0.4, 0.5) is 4.39 Å². The van der Waals surface area contributed by atoms with Gasteiger partial charge >= 0.3 is 0 Å². The van der Waals surface area contributed by atoms with Crippen LogP contribution in [0.25, 0.3) is 5.76 Å². The molecule has 1 fully saturated rings. The molecule has 1 heterocycles. The van der Waals surface area contributed by atoms with Crippen molar-refractivity contribution in [2.24, 2.45) is 0 Å². The molecule has 1 atom stereocenters. The number of hydrogen-bond donors (Lipinski definition) is 1. The van der Waals surface area contributed by atoms with Gasteiger partial charge < -0.3 is 24.2 Å². The Labute approximate surface area is 241 Å². The lowest BCUT2D eigenvalue weighted by atomic mass is 9.94. The molecule has 0 radical (unpaired) electrons. The number of carbonyl (C=O) groups is 2. The summed E-state index contributed by atoms with van der Waals surface area (Å²) in [6.45, 7) is 3.93. The maximum absolute atomic E-state index is 13.5. The second-order valence-corrected chi connectivity index (χ2v) is 10.2. The summed E-state index contributed by atoms with van der Waals surface area (Å²) >= 11 is 12.8. The van der Waals surface area contributed by atoms with Gasteiger partial charge in [0.05, 0.1) is 42.5 Å². The topological polar surface area (TPSA) is 85.3 Å². The summed E-state index contributed by atoms with van der Waals surface area (Å²) in [6, 6.07) is 13.2. The number of ketones is 1. The molecule has 1 N–H and O–H groups in total. The number of carbonyl (C=O) groups excluding carboxylic acids is 2. The molecule has 0 spiro atoms. The zero-order chi connectivity index (χ0) is 29.1. The van der Waals surface area contributed by atoms with Crippen LogP contribution in [-0.4, -0.2) is 48.6 Å². The van der Waals surface area contributed by atoms with Gasteiger partial charge in [0.2, 0.25) is 0 Å². The summed E-state index contributed by atoms with van der Waals surface area (Å²) in [5, 5.41) is 11.6. The number of ether oxygens (including phenoxy) is 3. The second kappa shape index (κ2) is 12.2. The minimum atomic E-state index is -0.946. The lowest BCUT2D eigenvalue weighted by Gasteiger charge is -2.26. The number of halogens is 3. The molecule has 1 unspecified atom stereocenters. The first-order valence-corrected chi connectivity index (χ1v) is 13.2. The Kier molecular flexibility index (Phi) is 8.91. The van der Waals surface area contributed by atoms with Gasteiger partial charge in [0.15, 0.2) is 11.5 Å². The highest BCUT2D eigenvalue weighted by Gasteiger charge is 2.46. The predicted octanol–water partition coefficient (Wildman–Crippen LogP) is 6.60. The highest BCUT2D eigenvalue weighted by Crippen LogP contribution is 2.47. The summed E-state index contributed by atoms with van der Waals surface area (Å²) in [5.41, 5.74) is 1.22. The molecule has 3 aromatic carbocycles. The molecule has 1 amide bonds. The van der Waals surface area contributed by atoms with Crippen LogP contribution in [0.15, 0.2) is 60.2 Å². The molecule has 4 rings (SSSR count). The van der Waals surface area contributed by atoms with Crippen LogP contribution in [-0.2, 0) is 16.0 Å². The number of nitrogens with zero attached hydrogens (tertiary/aromatic N) is 1. The molecule has 1 aliphatic heterocycles. The van der Waals surface area contributed by atoms with E-state index in [1.807, 2.05) is 13.8 Å². The highest BCUT2D eigenvalue weighted by molar-refractivity contribution is 6.47. The molecular formula is C30H28Cl2FNO6. The van der Waals surface area contributed by atoms with Crippen molar-refractivity contribution in [2.45, 2.75) is 32.4 Å². The number of amides is 1. The molecule has 0 aliphatic carbocycles. The number of hydrogen-bond acceptors (Lipinski definition) is 6. The van der Waals surface area contributed by atoms with Gasteiger partial charge in [0.1, 0.15) is 22.3 Å². The fourth-order valence-electron chi connectivity index (χ4n) is 4.65. The van der Waals surface area contributed by atoms with Crippen LogP contribution in [0, 0.1) is 5.82 Å². The molecule has 3 aromatic rings. The smallest absolute Gasteiger partial charge is 0.295 e. The summed E-state index contributed by atoms with van der Waals surface area (Å²) in [7, 11) is 2.73. The number of methoxy groups -OCH3 is 2. The van der Waals surface area contributed by atoms with E-state index in [-0.39, 0.29) is 51.1 Å². The van der Waals surface area contributed by atoms with Crippen LogP contribution in [0.3, 0.4) is 0 Å². The standard InChI is InChI=1S/C30H28Cl2FNO6/c1-16(2)40-20-11-7-18(8-12-20)25-23(26(35)21-15-22(31)29(39-4)24(32)28(21)38-3)27(36)30(37)34(25)14-13-17-5-9-19(33)10-6-17/h5-12,15-16,25,35H,13-14H2,1-4H3/b26-23+. The first kappa shape index (κ1) is 29.2. The van der Waals surface area contributed by atoms with Gasteiger partial charge in [-0.05, 0) is 61.7 Å². The van der Waals surface area contributed by atoms with Crippen molar-refractivity contribution in [1.29, 1.82) is 0 Å². The minimum Gasteiger partial charge on any atom is -0.507 e. The summed E-state index contributed by atoms with van der Waals surface area (Å²) in [6.07, 6.45) is 0.297. The van der Waals surface area contributed by atoms with Crippen molar-refractivity contribution in [3.63, 3.8) is 0 Å². The number of aliphatic hydroxyl groups excluding tert-OH is 1. The summed E-state index contributed by atoms with van der Waals surface area (Å²) in [4.78, 5) is 28.2. The van der Waals surface area contributed by atoms with Gasteiger partial charge in [-0.15, -0.1) is 0 Å². The first-order valence-electron chi connectivity index (χ1n) is 12.5. The maximum atomic E-state index is 13.5. The van der Waals surface area contributed by atoms with Crippen LogP contribution in [0.5, 0.6) is 17.2 Å². The summed E-state index contributed by atoms with van der Waals surface area (Å²) < 4.78 is 29.8. The Balaban J connectivity index is 1.85. The van der Waals surface area contributed by atoms with Crippen molar-refractivity contribution in [3.05, 3.63) is 92.7 Å². The van der Waals surface area contributed by atoms with Crippen LogP contribution in [0.2, 0.25) is 10.0 Å². The van der Waals surface area contributed by atoms with E-state index in [0.717, 1.165) is 5.56 Å². The monoisotopic (exact) mass is 587 g/mol. The third kappa shape index (κ3) is 5.74. The molecule has 7 nitrogen and oxygen atoms in total. The van der Waals surface area contributed by atoms with E-state index in [1.165, 1.54) is 37.3 Å². The molecule has 0 bridgehead atoms. The Hall–Kier alpha value is -3.75. The van der Waals surface area contributed by atoms with Crippen LogP contribution in [0.1, 0.15) is 36.6 Å². The van der Waals surface area contributed by atoms with Gasteiger partial charge in [-0.1, -0.05) is 47.5 Å². The third-order valence-corrected chi connectivity index (χ3v) is 7.08. The Morgan fingerprint density at radius 3 is 2.20 bits per heavy atom. The Bertz CT molecular complexity index is 1450. The molecule has 40 heavy (non-hydrogen) atoms. The van der Waals surface area contributed by atoms with Crippen LogP contribution >= 0.6 is 23.2 Å². The molecule has 1 aliphatic rings. The first-order chi connectivity index (χ1) is 19.1. The lowest BCUT2D eigenvalue weighted by molar-refractivity contribution is -0.139. The number of Topliss-reactive ketones (excluding diaryl/α,β-unsaturated/α-hetero) is 1. The largest absolute Gasteiger partial charge is 0.507 e. The highest BCUT2D eigenvalue weighted by atomic mass is 35.5. The quantitative estimate of drug-likeness (QED) is 0.172. The maximum Gasteiger partial charge on any atom is 0.295 e. The van der Waals surface area contributed by atoms with Gasteiger partial charge in [-0.2, -0.15) is 0 Å². The number of rotatable bonds is 9. The number of aliphatic hydroxyl groups is 1. The molecule has 0 saturated carbocycles. The fourth-order valence-corrected chi connectivity index (χ4v) is 5.34. The summed E-state index contributed by atoms with van der Waals surface area (Å²) in [5.74, 6) is -1.78. The van der Waals surface area contributed by atoms with Gasteiger partial charge in [0.25, 0.3) is 11.7 Å². The van der Waals surface area contributed by atoms with Crippen molar-refractivity contribution >= 4 is 40.7 Å². The van der Waals surface area contributed by atoms with Crippen LogP contribution < -0.4 is 14.2 Å². The van der Waals surface area contributed by atoms with Crippen molar-refractivity contribution in [2.75, 3.05) is 20.8 Å². The molecule has 1 saturated heterocycles. The van der Waals surface area contributed by atoms with Gasteiger partial charge in [-0.3, -0.25) is 9.59 Å². The van der Waals surface area contributed by atoms with E-state index in [4.69, 9.17) is 37.4 Å². The fraction of sp³-hybridized carbons (Fsp3) is 0.267. The van der Waals surface area contributed by atoms with Crippen molar-refractivity contribution in [1.82, 2.24) is 4.90 Å². The van der Waals surface area contributed by atoms with E-state index in [2.05, 4.69) is 0 Å². The molecule has 0 aromatic heterocycles. The SMILES string of the molecule is COc1c(Cl)cc(/C(O)=C2\C(=O)C(=O)N(CCc3ccc(F)cc3)C2c2ccc(OC(C)C)cc2)c(OC)c1Cl.